The number of amides is 1. The maximum Gasteiger partial charge on any atom is 0.241 e. The smallest absolute Gasteiger partial charge is 0.241 e. The van der Waals surface area contributed by atoms with Crippen molar-refractivity contribution < 1.29 is 4.79 Å². The molecule has 0 radical (unpaired) electrons. The standard InChI is InChI=1S/C13H21N3O/c1-15(2)13(17)9-16-7-10-5-3-4-6-12(14)11(10)8-16/h7-8,12H,3-6,9,14H2,1-2H3. The van der Waals surface area contributed by atoms with E-state index in [1.165, 1.54) is 24.0 Å². The van der Waals surface area contributed by atoms with Crippen molar-refractivity contribution in [3.8, 4) is 0 Å². The van der Waals surface area contributed by atoms with Gasteiger partial charge in [-0.25, -0.2) is 0 Å². The fourth-order valence-electron chi connectivity index (χ4n) is 2.34. The van der Waals surface area contributed by atoms with Crippen molar-refractivity contribution in [1.82, 2.24) is 9.47 Å². The maximum atomic E-state index is 11.6. The zero-order valence-corrected chi connectivity index (χ0v) is 10.6. The van der Waals surface area contributed by atoms with E-state index >= 15 is 0 Å². The summed E-state index contributed by atoms with van der Waals surface area (Å²) in [5, 5.41) is 0. The minimum atomic E-state index is 0.115. The molecule has 0 saturated heterocycles. The van der Waals surface area contributed by atoms with Gasteiger partial charge in [0.05, 0.1) is 0 Å². The third-order valence-corrected chi connectivity index (χ3v) is 3.42. The average Bonchev–Trinajstić information content (AvgIpc) is 2.59. The first-order valence-corrected chi connectivity index (χ1v) is 6.22. The molecular weight excluding hydrogens is 214 g/mol. The molecule has 0 fully saturated rings. The number of fused-ring (bicyclic) bond motifs is 1. The predicted octanol–water partition coefficient (Wildman–Crippen LogP) is 1.30. The van der Waals surface area contributed by atoms with Crippen LogP contribution in [0.5, 0.6) is 0 Å². The molecule has 0 aromatic carbocycles. The second kappa shape index (κ2) is 4.92. The number of rotatable bonds is 2. The molecule has 1 atom stereocenters. The zero-order valence-electron chi connectivity index (χ0n) is 10.6. The molecule has 94 valence electrons. The van der Waals surface area contributed by atoms with Crippen LogP contribution >= 0.6 is 0 Å². The van der Waals surface area contributed by atoms with Crippen LogP contribution in [0, 0.1) is 0 Å². The van der Waals surface area contributed by atoms with E-state index in [0.29, 0.717) is 6.54 Å². The van der Waals surface area contributed by atoms with E-state index in [1.807, 2.05) is 10.8 Å². The third kappa shape index (κ3) is 2.69. The van der Waals surface area contributed by atoms with Crippen molar-refractivity contribution in [1.29, 1.82) is 0 Å². The molecule has 4 heteroatoms. The van der Waals surface area contributed by atoms with E-state index in [9.17, 15) is 4.79 Å². The fourth-order valence-corrected chi connectivity index (χ4v) is 2.34. The number of hydrogen-bond donors (Lipinski definition) is 1. The lowest BCUT2D eigenvalue weighted by Crippen LogP contribution is -2.25. The molecule has 17 heavy (non-hydrogen) atoms. The minimum absolute atomic E-state index is 0.115. The van der Waals surface area contributed by atoms with E-state index in [2.05, 4.69) is 6.20 Å². The third-order valence-electron chi connectivity index (χ3n) is 3.42. The highest BCUT2D eigenvalue weighted by atomic mass is 16.2. The maximum absolute atomic E-state index is 11.6. The van der Waals surface area contributed by atoms with Crippen molar-refractivity contribution in [2.45, 2.75) is 38.3 Å². The number of hydrogen-bond acceptors (Lipinski definition) is 2. The molecule has 0 spiro atoms. The van der Waals surface area contributed by atoms with Crippen LogP contribution in [0.15, 0.2) is 12.4 Å². The van der Waals surface area contributed by atoms with Gasteiger partial charge in [0.25, 0.3) is 0 Å². The lowest BCUT2D eigenvalue weighted by molar-refractivity contribution is -0.129. The lowest BCUT2D eigenvalue weighted by Gasteiger charge is -2.11. The second-order valence-corrected chi connectivity index (χ2v) is 5.05. The number of nitrogens with zero attached hydrogens (tertiary/aromatic N) is 2. The van der Waals surface area contributed by atoms with E-state index < -0.39 is 0 Å². The molecular formula is C13H21N3O. The van der Waals surface area contributed by atoms with Gasteiger partial charge in [-0.1, -0.05) is 6.42 Å². The van der Waals surface area contributed by atoms with Gasteiger partial charge in [-0.2, -0.15) is 0 Å². The Morgan fingerprint density at radius 2 is 2.24 bits per heavy atom. The van der Waals surface area contributed by atoms with Gasteiger partial charge in [-0.05, 0) is 30.4 Å². The molecule has 1 aliphatic carbocycles. The Morgan fingerprint density at radius 1 is 1.47 bits per heavy atom. The average molecular weight is 235 g/mol. The highest BCUT2D eigenvalue weighted by Gasteiger charge is 2.18. The second-order valence-electron chi connectivity index (χ2n) is 5.05. The first-order valence-electron chi connectivity index (χ1n) is 6.22. The molecule has 1 aromatic heterocycles. The number of aromatic nitrogens is 1. The molecule has 0 saturated carbocycles. The molecule has 2 rings (SSSR count). The van der Waals surface area contributed by atoms with Gasteiger partial charge in [0.15, 0.2) is 0 Å². The van der Waals surface area contributed by atoms with E-state index in [-0.39, 0.29) is 11.9 Å². The Labute approximate surface area is 102 Å². The van der Waals surface area contributed by atoms with Crippen LogP contribution in [-0.2, 0) is 17.8 Å². The molecule has 4 nitrogen and oxygen atoms in total. The highest BCUT2D eigenvalue weighted by molar-refractivity contribution is 5.75. The summed E-state index contributed by atoms with van der Waals surface area (Å²) in [4.78, 5) is 13.3. The summed E-state index contributed by atoms with van der Waals surface area (Å²) in [6, 6.07) is 0.142. The number of carbonyl (C=O) groups is 1. The highest BCUT2D eigenvalue weighted by Crippen LogP contribution is 2.27. The van der Waals surface area contributed by atoms with Crippen molar-refractivity contribution in [2.24, 2.45) is 5.73 Å². The van der Waals surface area contributed by atoms with Crippen molar-refractivity contribution in [2.75, 3.05) is 14.1 Å². The molecule has 1 unspecified atom stereocenters. The topological polar surface area (TPSA) is 51.3 Å². The zero-order chi connectivity index (χ0) is 12.4. The van der Waals surface area contributed by atoms with Crippen LogP contribution in [0.25, 0.3) is 0 Å². The molecule has 1 aromatic rings. The van der Waals surface area contributed by atoms with E-state index in [1.54, 1.807) is 19.0 Å². The van der Waals surface area contributed by atoms with Gasteiger partial charge < -0.3 is 15.2 Å². The Kier molecular flexibility index (Phi) is 3.52. The first-order chi connectivity index (χ1) is 8.08. The van der Waals surface area contributed by atoms with Crippen LogP contribution in [0.1, 0.15) is 36.4 Å². The first kappa shape index (κ1) is 12.2. The molecule has 1 aliphatic rings. The summed E-state index contributed by atoms with van der Waals surface area (Å²) in [6.45, 7) is 0.409. The molecule has 0 bridgehead atoms. The van der Waals surface area contributed by atoms with Gasteiger partial charge in [0, 0.05) is 32.5 Å². The Hall–Kier alpha value is -1.29. The van der Waals surface area contributed by atoms with Crippen LogP contribution in [0.4, 0.5) is 0 Å². The molecule has 0 aliphatic heterocycles. The number of aryl methyl sites for hydroxylation is 1. The van der Waals surface area contributed by atoms with Gasteiger partial charge in [-0.3, -0.25) is 4.79 Å². The van der Waals surface area contributed by atoms with Crippen LogP contribution < -0.4 is 5.73 Å². The Balaban J connectivity index is 2.16. The van der Waals surface area contributed by atoms with Crippen molar-refractivity contribution in [3.05, 3.63) is 23.5 Å². The van der Waals surface area contributed by atoms with Crippen LogP contribution in [0.2, 0.25) is 0 Å². The van der Waals surface area contributed by atoms with Crippen molar-refractivity contribution in [3.63, 3.8) is 0 Å². The number of likely N-dealkylation sites (N-methyl/N-ethyl adjacent to an activating group) is 1. The lowest BCUT2D eigenvalue weighted by atomic mass is 10.1. The normalized spacial score (nSPS) is 19.6. The number of carbonyl (C=O) groups excluding carboxylic acids is 1. The summed E-state index contributed by atoms with van der Waals surface area (Å²) in [6.07, 6.45) is 8.68. The van der Waals surface area contributed by atoms with E-state index in [4.69, 9.17) is 5.73 Å². The quantitative estimate of drug-likeness (QED) is 0.786. The summed E-state index contributed by atoms with van der Waals surface area (Å²) >= 11 is 0. The molecule has 2 N–H and O–H groups in total. The van der Waals surface area contributed by atoms with Gasteiger partial charge >= 0.3 is 0 Å². The van der Waals surface area contributed by atoms with Gasteiger partial charge in [0.1, 0.15) is 6.54 Å². The summed E-state index contributed by atoms with van der Waals surface area (Å²) in [7, 11) is 3.56. The SMILES string of the molecule is CN(C)C(=O)Cn1cc2c(c1)C(N)CCCC2. The van der Waals surface area contributed by atoms with E-state index in [0.717, 1.165) is 12.8 Å². The summed E-state index contributed by atoms with van der Waals surface area (Å²) in [5.74, 6) is 0.115. The monoisotopic (exact) mass is 235 g/mol. The van der Waals surface area contributed by atoms with Crippen LogP contribution in [0.3, 0.4) is 0 Å². The summed E-state index contributed by atoms with van der Waals surface area (Å²) in [5.41, 5.74) is 8.69. The van der Waals surface area contributed by atoms with Gasteiger partial charge in [-0.15, -0.1) is 0 Å². The largest absolute Gasteiger partial charge is 0.347 e. The number of nitrogens with two attached hydrogens (primary N) is 1. The molecule has 1 heterocycles. The fraction of sp³-hybridized carbons (Fsp3) is 0.615. The van der Waals surface area contributed by atoms with Crippen molar-refractivity contribution >= 4 is 5.91 Å². The predicted molar refractivity (Wildman–Crippen MR) is 67.6 cm³/mol. The Bertz CT molecular complexity index is 409. The minimum Gasteiger partial charge on any atom is -0.347 e. The van der Waals surface area contributed by atoms with Crippen LogP contribution in [-0.4, -0.2) is 29.5 Å². The summed E-state index contributed by atoms with van der Waals surface area (Å²) < 4.78 is 1.97. The Morgan fingerprint density at radius 3 is 2.94 bits per heavy atom. The van der Waals surface area contributed by atoms with Gasteiger partial charge in [0.2, 0.25) is 5.91 Å². The molecule has 1 amide bonds.